The standard InChI is InChI=1S/C18H28N2O/c1-5-9-19-17-11-14(4)6-7-16(17)18(21)20-10-8-15(12-20)13(2)3/h6-7,11,13,15,19H,5,8-10,12H2,1-4H3. The lowest BCUT2D eigenvalue weighted by atomic mass is 9.95. The molecule has 0 aromatic heterocycles. The predicted octanol–water partition coefficient (Wildman–Crippen LogP) is 3.94. The number of aryl methyl sites for hydroxylation is 1. The van der Waals surface area contributed by atoms with Crippen LogP contribution in [0.1, 0.15) is 49.5 Å². The minimum absolute atomic E-state index is 0.178. The summed E-state index contributed by atoms with van der Waals surface area (Å²) in [7, 11) is 0. The second-order valence-electron chi connectivity index (χ2n) is 6.52. The quantitative estimate of drug-likeness (QED) is 0.890. The van der Waals surface area contributed by atoms with Crippen molar-refractivity contribution in [1.29, 1.82) is 0 Å². The first kappa shape index (κ1) is 15.9. The van der Waals surface area contributed by atoms with E-state index in [-0.39, 0.29) is 5.91 Å². The van der Waals surface area contributed by atoms with Gasteiger partial charge in [0.25, 0.3) is 5.91 Å². The average Bonchev–Trinajstić information content (AvgIpc) is 2.94. The summed E-state index contributed by atoms with van der Waals surface area (Å²) in [6, 6.07) is 6.08. The van der Waals surface area contributed by atoms with Crippen molar-refractivity contribution < 1.29 is 4.79 Å². The van der Waals surface area contributed by atoms with Gasteiger partial charge in [-0.2, -0.15) is 0 Å². The van der Waals surface area contributed by atoms with E-state index in [4.69, 9.17) is 0 Å². The van der Waals surface area contributed by atoms with Gasteiger partial charge in [-0.05, 0) is 49.3 Å². The SMILES string of the molecule is CCCNc1cc(C)ccc1C(=O)N1CCC(C(C)C)C1. The molecule has 116 valence electrons. The van der Waals surface area contributed by atoms with Crippen molar-refractivity contribution in [1.82, 2.24) is 4.90 Å². The number of rotatable bonds is 5. The van der Waals surface area contributed by atoms with Crippen LogP contribution in [0.4, 0.5) is 5.69 Å². The fraction of sp³-hybridized carbons (Fsp3) is 0.611. The fourth-order valence-corrected chi connectivity index (χ4v) is 2.94. The number of anilines is 1. The topological polar surface area (TPSA) is 32.3 Å². The monoisotopic (exact) mass is 288 g/mol. The molecule has 1 unspecified atom stereocenters. The molecule has 1 amide bonds. The Bertz CT molecular complexity index is 496. The molecule has 1 aromatic rings. The van der Waals surface area contributed by atoms with Crippen molar-refractivity contribution in [2.45, 2.75) is 40.5 Å². The third kappa shape index (κ3) is 3.78. The second kappa shape index (κ2) is 6.97. The van der Waals surface area contributed by atoms with Crippen LogP contribution in [0.5, 0.6) is 0 Å². The summed E-state index contributed by atoms with van der Waals surface area (Å²) in [4.78, 5) is 14.8. The van der Waals surface area contributed by atoms with Gasteiger partial charge in [-0.15, -0.1) is 0 Å². The van der Waals surface area contributed by atoms with E-state index in [1.54, 1.807) is 0 Å². The maximum atomic E-state index is 12.8. The number of hydrogen-bond acceptors (Lipinski definition) is 2. The van der Waals surface area contributed by atoms with Gasteiger partial charge >= 0.3 is 0 Å². The molecular weight excluding hydrogens is 260 g/mol. The van der Waals surface area contributed by atoms with Crippen molar-refractivity contribution in [2.75, 3.05) is 25.0 Å². The van der Waals surface area contributed by atoms with Crippen molar-refractivity contribution >= 4 is 11.6 Å². The number of carbonyl (C=O) groups is 1. The van der Waals surface area contributed by atoms with Gasteiger partial charge in [-0.3, -0.25) is 4.79 Å². The minimum Gasteiger partial charge on any atom is -0.384 e. The largest absolute Gasteiger partial charge is 0.384 e. The Morgan fingerprint density at radius 3 is 2.81 bits per heavy atom. The Balaban J connectivity index is 2.15. The number of likely N-dealkylation sites (tertiary alicyclic amines) is 1. The number of hydrogen-bond donors (Lipinski definition) is 1. The lowest BCUT2D eigenvalue weighted by molar-refractivity contribution is 0.0785. The van der Waals surface area contributed by atoms with Gasteiger partial charge in [0.05, 0.1) is 5.56 Å². The molecule has 0 aliphatic carbocycles. The molecule has 1 heterocycles. The Labute approximate surface area is 128 Å². The van der Waals surface area contributed by atoms with Crippen LogP contribution in [0.2, 0.25) is 0 Å². The Morgan fingerprint density at radius 1 is 1.43 bits per heavy atom. The molecule has 2 rings (SSSR count). The molecule has 3 nitrogen and oxygen atoms in total. The van der Waals surface area contributed by atoms with Crippen molar-refractivity contribution in [3.63, 3.8) is 0 Å². The van der Waals surface area contributed by atoms with Gasteiger partial charge in [0.2, 0.25) is 0 Å². The van der Waals surface area contributed by atoms with Crippen molar-refractivity contribution in [3.8, 4) is 0 Å². The number of carbonyl (C=O) groups excluding carboxylic acids is 1. The Morgan fingerprint density at radius 2 is 2.19 bits per heavy atom. The first-order valence-corrected chi connectivity index (χ1v) is 8.16. The molecular formula is C18H28N2O. The van der Waals surface area contributed by atoms with E-state index < -0.39 is 0 Å². The zero-order chi connectivity index (χ0) is 15.4. The summed E-state index contributed by atoms with van der Waals surface area (Å²) in [6.45, 7) is 11.4. The van der Waals surface area contributed by atoms with Crippen LogP contribution in [0.3, 0.4) is 0 Å². The zero-order valence-corrected chi connectivity index (χ0v) is 13.8. The van der Waals surface area contributed by atoms with E-state index in [1.807, 2.05) is 17.0 Å². The molecule has 1 aliphatic rings. The van der Waals surface area contributed by atoms with E-state index in [2.05, 4.69) is 39.1 Å². The molecule has 1 aromatic carbocycles. The van der Waals surface area contributed by atoms with Crippen LogP contribution >= 0.6 is 0 Å². The van der Waals surface area contributed by atoms with E-state index in [0.717, 1.165) is 43.7 Å². The van der Waals surface area contributed by atoms with Crippen molar-refractivity contribution in [3.05, 3.63) is 29.3 Å². The fourth-order valence-electron chi connectivity index (χ4n) is 2.94. The van der Waals surface area contributed by atoms with Crippen LogP contribution in [0.25, 0.3) is 0 Å². The predicted molar refractivity (Wildman–Crippen MR) is 88.8 cm³/mol. The van der Waals surface area contributed by atoms with E-state index in [9.17, 15) is 4.79 Å². The van der Waals surface area contributed by atoms with Gasteiger partial charge in [-0.1, -0.05) is 26.8 Å². The normalized spacial score (nSPS) is 18.3. The molecule has 1 atom stereocenters. The maximum absolute atomic E-state index is 12.8. The van der Waals surface area contributed by atoms with E-state index in [1.165, 1.54) is 5.56 Å². The highest BCUT2D eigenvalue weighted by Crippen LogP contribution is 2.27. The molecule has 3 heteroatoms. The number of amides is 1. The first-order valence-electron chi connectivity index (χ1n) is 8.16. The first-order chi connectivity index (χ1) is 10.0. The zero-order valence-electron chi connectivity index (χ0n) is 13.8. The van der Waals surface area contributed by atoms with Crippen molar-refractivity contribution in [2.24, 2.45) is 11.8 Å². The summed E-state index contributed by atoms with van der Waals surface area (Å²) >= 11 is 0. The van der Waals surface area contributed by atoms with Gasteiger partial charge in [-0.25, -0.2) is 0 Å². The van der Waals surface area contributed by atoms with Gasteiger partial charge in [0.15, 0.2) is 0 Å². The van der Waals surface area contributed by atoms with Crippen LogP contribution in [0.15, 0.2) is 18.2 Å². The number of nitrogens with zero attached hydrogens (tertiary/aromatic N) is 1. The lowest BCUT2D eigenvalue weighted by Gasteiger charge is -2.20. The molecule has 0 spiro atoms. The van der Waals surface area contributed by atoms with Crippen LogP contribution in [0, 0.1) is 18.8 Å². The molecule has 21 heavy (non-hydrogen) atoms. The average molecular weight is 288 g/mol. The number of benzene rings is 1. The summed E-state index contributed by atoms with van der Waals surface area (Å²) in [5.74, 6) is 1.47. The molecule has 1 N–H and O–H groups in total. The highest BCUT2D eigenvalue weighted by atomic mass is 16.2. The lowest BCUT2D eigenvalue weighted by Crippen LogP contribution is -2.30. The summed E-state index contributed by atoms with van der Waals surface area (Å²) in [6.07, 6.45) is 2.19. The van der Waals surface area contributed by atoms with E-state index in [0.29, 0.717) is 11.8 Å². The van der Waals surface area contributed by atoms with Gasteiger partial charge in [0.1, 0.15) is 0 Å². The third-order valence-corrected chi connectivity index (χ3v) is 4.43. The molecule has 0 saturated carbocycles. The Hall–Kier alpha value is -1.51. The van der Waals surface area contributed by atoms with Crippen LogP contribution in [-0.2, 0) is 0 Å². The van der Waals surface area contributed by atoms with Crippen LogP contribution < -0.4 is 5.32 Å². The summed E-state index contributed by atoms with van der Waals surface area (Å²) in [5, 5.41) is 3.39. The van der Waals surface area contributed by atoms with Crippen LogP contribution in [-0.4, -0.2) is 30.4 Å². The summed E-state index contributed by atoms with van der Waals surface area (Å²) < 4.78 is 0. The highest BCUT2D eigenvalue weighted by molar-refractivity contribution is 5.99. The molecule has 1 saturated heterocycles. The molecule has 0 radical (unpaired) electrons. The third-order valence-electron chi connectivity index (χ3n) is 4.43. The van der Waals surface area contributed by atoms with Gasteiger partial charge in [0, 0.05) is 25.3 Å². The minimum atomic E-state index is 0.178. The molecule has 0 bridgehead atoms. The summed E-state index contributed by atoms with van der Waals surface area (Å²) in [5.41, 5.74) is 2.99. The Kier molecular flexibility index (Phi) is 5.27. The van der Waals surface area contributed by atoms with E-state index >= 15 is 0 Å². The number of nitrogens with one attached hydrogen (secondary N) is 1. The molecule has 1 aliphatic heterocycles. The maximum Gasteiger partial charge on any atom is 0.255 e. The highest BCUT2D eigenvalue weighted by Gasteiger charge is 2.29. The molecule has 1 fully saturated rings. The smallest absolute Gasteiger partial charge is 0.255 e. The van der Waals surface area contributed by atoms with Gasteiger partial charge < -0.3 is 10.2 Å². The second-order valence-corrected chi connectivity index (χ2v) is 6.52.